The molecular formula is C42H35N3Si. The van der Waals surface area contributed by atoms with Gasteiger partial charge in [-0.1, -0.05) is 183 Å². The third-order valence-corrected chi connectivity index (χ3v) is 10.4. The summed E-state index contributed by atoms with van der Waals surface area (Å²) < 4.78 is 0. The lowest BCUT2D eigenvalue weighted by Crippen LogP contribution is -2.37. The van der Waals surface area contributed by atoms with Crippen LogP contribution in [0, 0.1) is 0 Å². The Morgan fingerprint density at radius 2 is 0.652 bits per heavy atom. The van der Waals surface area contributed by atoms with Gasteiger partial charge in [0.15, 0.2) is 17.5 Å². The van der Waals surface area contributed by atoms with Gasteiger partial charge in [-0.3, -0.25) is 0 Å². The standard InChI is InChI=1S/C42H35N3Si/c1-46(2,3)37-28-26-33(27-29-37)31-20-18-30(19-21-31)32-22-24-34(25-23-32)38-16-10-11-17-39(38)42-44-40(35-12-6-4-7-13-35)43-41(45-42)36-14-8-5-9-15-36/h4-29H,1-3H3. The highest BCUT2D eigenvalue weighted by atomic mass is 28.3. The topological polar surface area (TPSA) is 38.7 Å². The van der Waals surface area contributed by atoms with Crippen molar-refractivity contribution in [2.45, 2.75) is 19.6 Å². The molecule has 0 aliphatic carbocycles. The molecule has 46 heavy (non-hydrogen) atoms. The number of aromatic nitrogens is 3. The fourth-order valence-electron chi connectivity index (χ4n) is 5.72. The predicted octanol–water partition coefficient (Wildman–Crippen LogP) is 10.4. The van der Waals surface area contributed by atoms with Crippen molar-refractivity contribution in [2.24, 2.45) is 0 Å². The first-order valence-electron chi connectivity index (χ1n) is 15.7. The molecule has 3 nitrogen and oxygen atoms in total. The third-order valence-electron chi connectivity index (χ3n) is 8.37. The van der Waals surface area contributed by atoms with Crippen molar-refractivity contribution in [1.82, 2.24) is 15.0 Å². The summed E-state index contributed by atoms with van der Waals surface area (Å²) in [6.07, 6.45) is 0. The molecule has 0 amide bonds. The molecule has 1 heterocycles. The van der Waals surface area contributed by atoms with Crippen molar-refractivity contribution >= 4 is 13.3 Å². The van der Waals surface area contributed by atoms with Crippen LogP contribution in [0.15, 0.2) is 158 Å². The minimum absolute atomic E-state index is 0.654. The summed E-state index contributed by atoms with van der Waals surface area (Å²) in [5.74, 6) is 1.97. The van der Waals surface area contributed by atoms with E-state index in [1.165, 1.54) is 27.4 Å². The molecule has 0 spiro atoms. The molecule has 222 valence electrons. The van der Waals surface area contributed by atoms with Crippen molar-refractivity contribution in [3.63, 3.8) is 0 Å². The van der Waals surface area contributed by atoms with Gasteiger partial charge in [0.1, 0.15) is 0 Å². The summed E-state index contributed by atoms with van der Waals surface area (Å²) in [6.45, 7) is 7.16. The summed E-state index contributed by atoms with van der Waals surface area (Å²) in [4.78, 5) is 14.8. The first-order chi connectivity index (χ1) is 22.4. The monoisotopic (exact) mass is 609 g/mol. The average molecular weight is 610 g/mol. The molecule has 6 aromatic carbocycles. The van der Waals surface area contributed by atoms with Crippen LogP contribution < -0.4 is 5.19 Å². The number of rotatable bonds is 7. The SMILES string of the molecule is C[Si](C)(C)c1ccc(-c2ccc(-c3ccc(-c4ccccc4-c4nc(-c5ccccc5)nc(-c5ccccc5)n4)cc3)cc2)cc1. The number of nitrogens with zero attached hydrogens (tertiary/aromatic N) is 3. The van der Waals surface area contributed by atoms with Crippen LogP contribution in [0.2, 0.25) is 19.6 Å². The smallest absolute Gasteiger partial charge is 0.164 e. The zero-order chi connectivity index (χ0) is 31.5. The quantitative estimate of drug-likeness (QED) is 0.169. The average Bonchev–Trinajstić information content (AvgIpc) is 3.12. The van der Waals surface area contributed by atoms with Gasteiger partial charge in [0.05, 0.1) is 8.07 Å². The van der Waals surface area contributed by atoms with Crippen LogP contribution in [0.5, 0.6) is 0 Å². The third kappa shape index (κ3) is 6.21. The molecule has 0 radical (unpaired) electrons. The fraction of sp³-hybridized carbons (Fsp3) is 0.0714. The van der Waals surface area contributed by atoms with E-state index in [4.69, 9.17) is 15.0 Å². The van der Waals surface area contributed by atoms with Gasteiger partial charge in [-0.05, 0) is 33.4 Å². The Morgan fingerprint density at radius 3 is 1.09 bits per heavy atom. The van der Waals surface area contributed by atoms with Crippen molar-refractivity contribution in [3.05, 3.63) is 158 Å². The van der Waals surface area contributed by atoms with Gasteiger partial charge >= 0.3 is 0 Å². The second-order valence-electron chi connectivity index (χ2n) is 12.6. The van der Waals surface area contributed by atoms with Crippen molar-refractivity contribution in [2.75, 3.05) is 0 Å². The zero-order valence-corrected chi connectivity index (χ0v) is 27.4. The normalized spacial score (nSPS) is 11.4. The summed E-state index contributed by atoms with van der Waals surface area (Å²) in [5.41, 5.74) is 9.94. The molecule has 0 saturated carbocycles. The maximum atomic E-state index is 4.98. The molecular weight excluding hydrogens is 575 g/mol. The minimum Gasteiger partial charge on any atom is -0.208 e. The lowest BCUT2D eigenvalue weighted by atomic mass is 9.95. The Bertz CT molecular complexity index is 2020. The van der Waals surface area contributed by atoms with Crippen molar-refractivity contribution in [3.8, 4) is 67.5 Å². The first kappa shape index (κ1) is 29.3. The van der Waals surface area contributed by atoms with Gasteiger partial charge in [-0.25, -0.2) is 15.0 Å². The summed E-state index contributed by atoms with van der Waals surface area (Å²) in [6, 6.07) is 55.3. The van der Waals surface area contributed by atoms with E-state index in [0.29, 0.717) is 17.5 Å². The van der Waals surface area contributed by atoms with Gasteiger partial charge < -0.3 is 0 Å². The van der Waals surface area contributed by atoms with E-state index < -0.39 is 8.07 Å². The van der Waals surface area contributed by atoms with Crippen LogP contribution >= 0.6 is 0 Å². The van der Waals surface area contributed by atoms with Gasteiger partial charge in [-0.2, -0.15) is 0 Å². The van der Waals surface area contributed by atoms with E-state index in [-0.39, 0.29) is 0 Å². The summed E-state index contributed by atoms with van der Waals surface area (Å²) in [7, 11) is -1.31. The molecule has 4 heteroatoms. The van der Waals surface area contributed by atoms with E-state index in [1.807, 2.05) is 66.7 Å². The largest absolute Gasteiger partial charge is 0.208 e. The van der Waals surface area contributed by atoms with Gasteiger partial charge in [-0.15, -0.1) is 0 Å². The number of benzene rings is 6. The highest BCUT2D eigenvalue weighted by Crippen LogP contribution is 2.34. The van der Waals surface area contributed by atoms with Crippen molar-refractivity contribution in [1.29, 1.82) is 0 Å². The molecule has 0 saturated heterocycles. The Balaban J connectivity index is 1.20. The molecule has 0 aliphatic heterocycles. The fourth-order valence-corrected chi connectivity index (χ4v) is 6.89. The second kappa shape index (κ2) is 12.5. The highest BCUT2D eigenvalue weighted by Gasteiger charge is 2.17. The van der Waals surface area contributed by atoms with Crippen LogP contribution in [0.1, 0.15) is 0 Å². The van der Waals surface area contributed by atoms with E-state index in [9.17, 15) is 0 Å². The van der Waals surface area contributed by atoms with E-state index in [1.54, 1.807) is 0 Å². The summed E-state index contributed by atoms with van der Waals surface area (Å²) >= 11 is 0. The van der Waals surface area contributed by atoms with Crippen LogP contribution in [-0.4, -0.2) is 23.0 Å². The second-order valence-corrected chi connectivity index (χ2v) is 17.6. The predicted molar refractivity (Wildman–Crippen MR) is 195 cm³/mol. The van der Waals surface area contributed by atoms with E-state index in [0.717, 1.165) is 27.8 Å². The van der Waals surface area contributed by atoms with Crippen molar-refractivity contribution < 1.29 is 0 Å². The van der Waals surface area contributed by atoms with Gasteiger partial charge in [0, 0.05) is 16.7 Å². The van der Waals surface area contributed by atoms with E-state index in [2.05, 4.69) is 111 Å². The molecule has 1 aromatic heterocycles. The molecule has 7 rings (SSSR count). The van der Waals surface area contributed by atoms with Crippen LogP contribution in [0.3, 0.4) is 0 Å². The lowest BCUT2D eigenvalue weighted by molar-refractivity contribution is 1.07. The van der Waals surface area contributed by atoms with Crippen LogP contribution in [-0.2, 0) is 0 Å². The van der Waals surface area contributed by atoms with Crippen LogP contribution in [0.25, 0.3) is 67.5 Å². The molecule has 0 N–H and O–H groups in total. The minimum atomic E-state index is -1.31. The first-order valence-corrected chi connectivity index (χ1v) is 19.2. The van der Waals surface area contributed by atoms with Gasteiger partial charge in [0.2, 0.25) is 0 Å². The molecule has 7 aromatic rings. The highest BCUT2D eigenvalue weighted by molar-refractivity contribution is 6.88. The van der Waals surface area contributed by atoms with Gasteiger partial charge in [0.25, 0.3) is 0 Å². The molecule has 0 unspecified atom stereocenters. The Kier molecular flexibility index (Phi) is 7.96. The lowest BCUT2D eigenvalue weighted by Gasteiger charge is -2.16. The molecule has 0 fully saturated rings. The Hall–Kier alpha value is -5.45. The van der Waals surface area contributed by atoms with Crippen LogP contribution in [0.4, 0.5) is 0 Å². The van der Waals surface area contributed by atoms with E-state index >= 15 is 0 Å². The Labute approximate surface area is 272 Å². The maximum Gasteiger partial charge on any atom is 0.164 e. The maximum absolute atomic E-state index is 4.98. The Morgan fingerprint density at radius 1 is 0.304 bits per heavy atom. The summed E-state index contributed by atoms with van der Waals surface area (Å²) in [5, 5.41) is 1.48. The number of hydrogen-bond donors (Lipinski definition) is 0. The zero-order valence-electron chi connectivity index (χ0n) is 26.4. The number of hydrogen-bond acceptors (Lipinski definition) is 3. The molecule has 0 atom stereocenters. The molecule has 0 aliphatic rings. The molecule has 0 bridgehead atoms.